The third-order valence-corrected chi connectivity index (χ3v) is 14.4. The van der Waals surface area contributed by atoms with Gasteiger partial charge in [0.05, 0.1) is 43.1 Å². The molecule has 6 rings (SSSR count). The van der Waals surface area contributed by atoms with Crippen LogP contribution in [0.3, 0.4) is 0 Å². The van der Waals surface area contributed by atoms with Crippen molar-refractivity contribution in [2.75, 3.05) is 70.5 Å². The molecule has 2 aromatic heterocycles. The van der Waals surface area contributed by atoms with Crippen molar-refractivity contribution in [2.45, 2.75) is 51.7 Å². The minimum atomic E-state index is -2.14. The molecular formula is C40H53N7O4Si. The van der Waals surface area contributed by atoms with Gasteiger partial charge in [-0.25, -0.2) is 9.97 Å². The van der Waals surface area contributed by atoms with Gasteiger partial charge in [-0.05, 0) is 68.1 Å². The van der Waals surface area contributed by atoms with E-state index < -0.39 is 14.6 Å². The summed E-state index contributed by atoms with van der Waals surface area (Å²) in [6, 6.07) is 20.6. The molecule has 12 heteroatoms. The predicted molar refractivity (Wildman–Crippen MR) is 213 cm³/mol. The molecule has 5 aromatic rings. The van der Waals surface area contributed by atoms with Gasteiger partial charge in [-0.1, -0.05) is 45.0 Å². The number of likely N-dealkylation sites (N-methyl/N-ethyl adjacent to an activating group) is 2. The highest BCUT2D eigenvalue weighted by molar-refractivity contribution is 6.74. The molecule has 52 heavy (non-hydrogen) atoms. The maximum atomic E-state index is 6.90. The fourth-order valence-corrected chi connectivity index (χ4v) is 7.08. The van der Waals surface area contributed by atoms with Gasteiger partial charge in [0.1, 0.15) is 11.5 Å². The summed E-state index contributed by atoms with van der Waals surface area (Å²) >= 11 is 0. The lowest BCUT2D eigenvalue weighted by Gasteiger charge is -2.37. The Morgan fingerprint density at radius 3 is 2.44 bits per heavy atom. The molecule has 1 saturated heterocycles. The maximum absolute atomic E-state index is 6.90. The van der Waals surface area contributed by atoms with Crippen molar-refractivity contribution in [3.63, 3.8) is 0 Å². The topological polar surface area (TPSA) is 112 Å². The van der Waals surface area contributed by atoms with E-state index in [2.05, 4.69) is 121 Å². The summed E-state index contributed by atoms with van der Waals surface area (Å²) in [4.78, 5) is 13.8. The number of ether oxygens (including phenoxy) is 3. The minimum Gasteiger partial charge on any atom is -0.543 e. The zero-order chi connectivity index (χ0) is 37.2. The normalized spacial score (nSPS) is 14.0. The van der Waals surface area contributed by atoms with Gasteiger partial charge in [0.15, 0.2) is 6.29 Å². The van der Waals surface area contributed by atoms with Crippen molar-refractivity contribution in [1.29, 1.82) is 0 Å². The molecule has 0 amide bonds. The summed E-state index contributed by atoms with van der Waals surface area (Å²) in [5, 5.41) is 4.50. The average molecular weight is 724 g/mol. The molecule has 3 heterocycles. The van der Waals surface area contributed by atoms with Crippen LogP contribution in [0.1, 0.15) is 38.2 Å². The number of nitrogens with two attached hydrogens (primary N) is 1. The minimum absolute atomic E-state index is 0.0398. The third-order valence-electron chi connectivity index (χ3n) is 10.1. The van der Waals surface area contributed by atoms with Crippen molar-refractivity contribution >= 4 is 42.2 Å². The molecule has 0 bridgehead atoms. The lowest BCUT2D eigenvalue weighted by Crippen LogP contribution is -2.44. The Labute approximate surface area is 308 Å². The summed E-state index contributed by atoms with van der Waals surface area (Å²) < 4.78 is 26.8. The van der Waals surface area contributed by atoms with Gasteiger partial charge in [-0.3, -0.25) is 0 Å². The van der Waals surface area contributed by atoms with Crippen molar-refractivity contribution in [2.24, 2.45) is 0 Å². The maximum Gasteiger partial charge on any atom is 0.250 e. The van der Waals surface area contributed by atoms with E-state index in [4.69, 9.17) is 29.4 Å². The van der Waals surface area contributed by atoms with E-state index in [0.29, 0.717) is 42.8 Å². The van der Waals surface area contributed by atoms with E-state index in [-0.39, 0.29) is 5.04 Å². The first-order chi connectivity index (χ1) is 24.7. The quantitative estimate of drug-likeness (QED) is 0.0919. The second kappa shape index (κ2) is 15.2. The summed E-state index contributed by atoms with van der Waals surface area (Å²) in [6.45, 7) is 14.8. The Kier molecular flexibility index (Phi) is 10.8. The van der Waals surface area contributed by atoms with Crippen LogP contribution in [0.15, 0.2) is 73.1 Å². The number of nitrogen functional groups attached to an aromatic ring is 1. The number of hydrogen-bond acceptors (Lipinski definition) is 10. The molecule has 0 atom stereocenters. The number of anilines is 4. The van der Waals surface area contributed by atoms with E-state index in [9.17, 15) is 0 Å². The number of aromatic nitrogens is 3. The van der Waals surface area contributed by atoms with E-state index >= 15 is 0 Å². The van der Waals surface area contributed by atoms with Crippen LogP contribution in [0, 0.1) is 0 Å². The first-order valence-electron chi connectivity index (χ1n) is 17.8. The molecule has 3 aromatic carbocycles. The van der Waals surface area contributed by atoms with Gasteiger partial charge < -0.3 is 44.1 Å². The van der Waals surface area contributed by atoms with Crippen LogP contribution in [0.2, 0.25) is 18.1 Å². The zero-order valence-corrected chi connectivity index (χ0v) is 33.0. The van der Waals surface area contributed by atoms with E-state index in [0.717, 1.165) is 57.8 Å². The number of hydrogen-bond donors (Lipinski definition) is 2. The fraction of sp³-hybridized carbons (Fsp3) is 0.400. The fourth-order valence-electron chi connectivity index (χ4n) is 6.05. The first kappa shape index (κ1) is 37.1. The number of benzene rings is 3. The van der Waals surface area contributed by atoms with Crippen LogP contribution in [0.4, 0.5) is 23.0 Å². The summed E-state index contributed by atoms with van der Waals surface area (Å²) in [6.07, 6.45) is 3.52. The molecule has 11 nitrogen and oxygen atoms in total. The SMILES string of the molecule is COc1cc(N(C)CCN(C)C)c(N)cc1Nc1nccc(-c2cn(Cc3ccc(C4OCCO4)c(O[Si](C)(C)C(C)(C)C)c3)c3ccccc23)n1. The van der Waals surface area contributed by atoms with E-state index in [1.54, 1.807) is 13.3 Å². The zero-order valence-electron chi connectivity index (χ0n) is 32.0. The highest BCUT2D eigenvalue weighted by Crippen LogP contribution is 2.41. The summed E-state index contributed by atoms with van der Waals surface area (Å²) in [5.74, 6) is 1.93. The average Bonchev–Trinajstić information content (AvgIpc) is 3.76. The number of fused-ring (bicyclic) bond motifs is 1. The smallest absolute Gasteiger partial charge is 0.250 e. The second-order valence-corrected chi connectivity index (χ2v) is 19.9. The molecule has 1 fully saturated rings. The molecule has 0 spiro atoms. The Hall–Kier alpha value is -4.62. The van der Waals surface area contributed by atoms with Crippen LogP contribution in [-0.4, -0.2) is 82.3 Å². The Balaban J connectivity index is 1.30. The molecule has 1 aliphatic heterocycles. The van der Waals surface area contributed by atoms with Crippen LogP contribution >= 0.6 is 0 Å². The first-order valence-corrected chi connectivity index (χ1v) is 20.7. The number of methoxy groups -OCH3 is 1. The van der Waals surface area contributed by atoms with Crippen molar-refractivity contribution in [3.8, 4) is 22.8 Å². The molecular weight excluding hydrogens is 671 g/mol. The molecule has 3 N–H and O–H groups in total. The number of para-hydroxylation sites is 1. The molecule has 276 valence electrons. The highest BCUT2D eigenvalue weighted by atomic mass is 28.4. The molecule has 0 unspecified atom stereocenters. The molecule has 0 saturated carbocycles. The summed E-state index contributed by atoms with van der Waals surface area (Å²) in [5.41, 5.74) is 13.7. The Morgan fingerprint density at radius 2 is 1.73 bits per heavy atom. The van der Waals surface area contributed by atoms with Gasteiger partial charge in [0.25, 0.3) is 0 Å². The van der Waals surface area contributed by atoms with Crippen LogP contribution in [0.25, 0.3) is 22.2 Å². The van der Waals surface area contributed by atoms with E-state index in [1.807, 2.05) is 25.2 Å². The number of rotatable bonds is 13. The van der Waals surface area contributed by atoms with Crippen molar-refractivity contribution in [1.82, 2.24) is 19.4 Å². The molecule has 1 aliphatic rings. The third kappa shape index (κ3) is 8.05. The van der Waals surface area contributed by atoms with Crippen molar-refractivity contribution in [3.05, 3.63) is 84.2 Å². The Morgan fingerprint density at radius 1 is 0.981 bits per heavy atom. The van der Waals surface area contributed by atoms with Crippen molar-refractivity contribution < 1.29 is 18.6 Å². The largest absolute Gasteiger partial charge is 0.543 e. The van der Waals surface area contributed by atoms with Gasteiger partial charge in [0, 0.05) is 67.2 Å². The highest BCUT2D eigenvalue weighted by Gasteiger charge is 2.40. The van der Waals surface area contributed by atoms with Crippen LogP contribution in [-0.2, 0) is 16.0 Å². The van der Waals surface area contributed by atoms with Crippen LogP contribution in [0.5, 0.6) is 11.5 Å². The lowest BCUT2D eigenvalue weighted by atomic mass is 10.1. The second-order valence-electron chi connectivity index (χ2n) is 15.2. The monoisotopic (exact) mass is 723 g/mol. The van der Waals surface area contributed by atoms with Gasteiger partial charge >= 0.3 is 0 Å². The van der Waals surface area contributed by atoms with Crippen LogP contribution < -0.4 is 25.1 Å². The standard InChI is InChI=1S/C40H53N7O4Si/c1-40(2,3)52(8,9)51-36-22-27(14-15-29(36)38-49-20-21-50-38)25-47-26-30(28-12-10-11-13-34(28)47)32-16-17-42-39(43-32)44-33-23-31(41)35(24-37(33)48-7)46(6)19-18-45(4)5/h10-17,22-24,26,38H,18-21,25,41H2,1-9H3,(H,42,43,44). The van der Waals surface area contributed by atoms with Gasteiger partial charge in [-0.2, -0.15) is 0 Å². The number of nitrogens with one attached hydrogen (secondary N) is 1. The number of nitrogens with zero attached hydrogens (tertiary/aromatic N) is 5. The van der Waals surface area contributed by atoms with Gasteiger partial charge in [-0.15, -0.1) is 0 Å². The summed E-state index contributed by atoms with van der Waals surface area (Å²) in [7, 11) is 5.65. The molecule has 0 radical (unpaired) electrons. The predicted octanol–water partition coefficient (Wildman–Crippen LogP) is 7.91. The Bertz CT molecular complexity index is 2020. The lowest BCUT2D eigenvalue weighted by molar-refractivity contribution is -0.0450. The molecule has 0 aliphatic carbocycles. The van der Waals surface area contributed by atoms with E-state index in [1.165, 1.54) is 0 Å². The van der Waals surface area contributed by atoms with Gasteiger partial charge in [0.2, 0.25) is 14.3 Å².